The van der Waals surface area contributed by atoms with E-state index in [1.165, 1.54) is 0 Å². The van der Waals surface area contributed by atoms with Crippen molar-refractivity contribution >= 4 is 11.6 Å². The first kappa shape index (κ1) is 13.0. The molecule has 96 valence electrons. The van der Waals surface area contributed by atoms with E-state index < -0.39 is 0 Å². The number of hydrogen-bond donors (Lipinski definition) is 1. The number of rotatable bonds is 4. The van der Waals surface area contributed by atoms with Crippen molar-refractivity contribution in [2.75, 3.05) is 0 Å². The summed E-state index contributed by atoms with van der Waals surface area (Å²) in [4.78, 5) is 15.7. The molecular weight excluding hydrogens is 238 g/mol. The van der Waals surface area contributed by atoms with Crippen molar-refractivity contribution in [1.29, 1.82) is 0 Å². The zero-order valence-electron chi connectivity index (χ0n) is 10.7. The van der Waals surface area contributed by atoms with E-state index >= 15 is 0 Å². The van der Waals surface area contributed by atoms with Gasteiger partial charge in [-0.15, -0.1) is 0 Å². The predicted octanol–water partition coefficient (Wildman–Crippen LogP) is 2.63. The smallest absolute Gasteiger partial charge is 0.267 e. The molecule has 2 rings (SSSR count). The average Bonchev–Trinajstić information content (AvgIpc) is 2.49. The quantitative estimate of drug-likeness (QED) is 0.672. The van der Waals surface area contributed by atoms with Gasteiger partial charge in [-0.05, 0) is 24.1 Å². The summed E-state index contributed by atoms with van der Waals surface area (Å²) in [5.74, 6) is -0.232. The van der Waals surface area contributed by atoms with E-state index in [2.05, 4.69) is 15.5 Å². The highest BCUT2D eigenvalue weighted by atomic mass is 16.2. The number of hydrogen-bond acceptors (Lipinski definition) is 3. The molecular formula is C15H15N3O. The van der Waals surface area contributed by atoms with Crippen molar-refractivity contribution in [1.82, 2.24) is 10.4 Å². The van der Waals surface area contributed by atoms with Crippen LogP contribution in [0.4, 0.5) is 0 Å². The molecule has 0 fully saturated rings. The fraction of sp³-hybridized carbons (Fsp3) is 0.133. The summed E-state index contributed by atoms with van der Waals surface area (Å²) < 4.78 is 0. The van der Waals surface area contributed by atoms with Crippen LogP contribution in [-0.2, 0) is 0 Å². The molecule has 1 N–H and O–H groups in total. The first-order valence-electron chi connectivity index (χ1n) is 6.13. The summed E-state index contributed by atoms with van der Waals surface area (Å²) in [6.07, 6.45) is 3.91. The summed E-state index contributed by atoms with van der Waals surface area (Å²) in [6.45, 7) is 2.00. The molecule has 2 aromatic rings. The highest BCUT2D eigenvalue weighted by Crippen LogP contribution is 2.04. The van der Waals surface area contributed by atoms with Gasteiger partial charge in [-0.3, -0.25) is 9.78 Å². The first-order chi connectivity index (χ1) is 9.31. The molecule has 0 saturated heterocycles. The molecule has 0 aliphatic heterocycles. The van der Waals surface area contributed by atoms with E-state index in [1.54, 1.807) is 24.5 Å². The molecule has 4 heteroatoms. The molecule has 0 bridgehead atoms. The number of nitrogens with one attached hydrogen (secondary N) is 1. The molecule has 0 saturated carbocycles. The van der Waals surface area contributed by atoms with Gasteiger partial charge in [0.1, 0.15) is 0 Å². The van der Waals surface area contributed by atoms with Crippen molar-refractivity contribution in [2.45, 2.75) is 13.3 Å². The molecule has 0 spiro atoms. The maximum absolute atomic E-state index is 11.9. The summed E-state index contributed by atoms with van der Waals surface area (Å²) in [5.41, 5.74) is 4.98. The number of benzene rings is 1. The Bertz CT molecular complexity index is 564. The lowest BCUT2D eigenvalue weighted by atomic mass is 10.1. The van der Waals surface area contributed by atoms with Gasteiger partial charge in [0.2, 0.25) is 0 Å². The molecule has 0 aliphatic rings. The van der Waals surface area contributed by atoms with E-state index in [0.717, 1.165) is 17.7 Å². The maximum Gasteiger partial charge on any atom is 0.271 e. The van der Waals surface area contributed by atoms with Gasteiger partial charge in [-0.25, -0.2) is 5.43 Å². The highest BCUT2D eigenvalue weighted by molar-refractivity contribution is 6.02. The van der Waals surface area contributed by atoms with E-state index in [4.69, 9.17) is 0 Å². The lowest BCUT2D eigenvalue weighted by Gasteiger charge is -2.05. The number of hydrazone groups is 1. The Morgan fingerprint density at radius 3 is 2.42 bits per heavy atom. The summed E-state index contributed by atoms with van der Waals surface area (Å²) in [6, 6.07) is 13.1. The van der Waals surface area contributed by atoms with Crippen LogP contribution in [0.2, 0.25) is 0 Å². The molecule has 0 aliphatic carbocycles. The Morgan fingerprint density at radius 1 is 1.11 bits per heavy atom. The van der Waals surface area contributed by atoms with Crippen LogP contribution >= 0.6 is 0 Å². The van der Waals surface area contributed by atoms with E-state index in [-0.39, 0.29) is 5.91 Å². The topological polar surface area (TPSA) is 54.4 Å². The number of nitrogens with zero attached hydrogens (tertiary/aromatic N) is 2. The Kier molecular flexibility index (Phi) is 4.39. The maximum atomic E-state index is 11.9. The second-order valence-corrected chi connectivity index (χ2v) is 3.95. The SMILES string of the molecule is CC/C(=N/NC(=O)c1ccncc1)c1ccccc1. The van der Waals surface area contributed by atoms with Crippen LogP contribution in [0, 0.1) is 0 Å². The van der Waals surface area contributed by atoms with Gasteiger partial charge in [-0.1, -0.05) is 37.3 Å². The second-order valence-electron chi connectivity index (χ2n) is 3.95. The molecule has 0 atom stereocenters. The predicted molar refractivity (Wildman–Crippen MR) is 75.0 cm³/mol. The molecule has 1 aromatic carbocycles. The lowest BCUT2D eigenvalue weighted by molar-refractivity contribution is 0.0954. The summed E-state index contributed by atoms with van der Waals surface area (Å²) in [5, 5.41) is 4.19. The normalized spacial score (nSPS) is 11.1. The van der Waals surface area contributed by atoms with E-state index in [9.17, 15) is 4.79 Å². The van der Waals surface area contributed by atoms with Crippen LogP contribution in [0.3, 0.4) is 0 Å². The third-order valence-corrected chi connectivity index (χ3v) is 2.68. The first-order valence-corrected chi connectivity index (χ1v) is 6.13. The van der Waals surface area contributed by atoms with Crippen LogP contribution < -0.4 is 5.43 Å². The minimum Gasteiger partial charge on any atom is -0.267 e. The monoisotopic (exact) mass is 253 g/mol. The fourth-order valence-corrected chi connectivity index (χ4v) is 1.66. The Hall–Kier alpha value is -2.49. The molecule has 19 heavy (non-hydrogen) atoms. The van der Waals surface area contributed by atoms with Gasteiger partial charge in [0.05, 0.1) is 5.71 Å². The number of aromatic nitrogens is 1. The van der Waals surface area contributed by atoms with Crippen molar-refractivity contribution < 1.29 is 4.79 Å². The van der Waals surface area contributed by atoms with Gasteiger partial charge >= 0.3 is 0 Å². The molecule has 1 aromatic heterocycles. The Morgan fingerprint density at radius 2 is 1.79 bits per heavy atom. The average molecular weight is 253 g/mol. The minimum atomic E-state index is -0.232. The largest absolute Gasteiger partial charge is 0.271 e. The van der Waals surface area contributed by atoms with E-state index in [1.807, 2.05) is 37.3 Å². The molecule has 0 unspecified atom stereocenters. The third kappa shape index (κ3) is 3.48. The number of carbonyl (C=O) groups excluding carboxylic acids is 1. The van der Waals surface area contributed by atoms with Gasteiger partial charge < -0.3 is 0 Å². The number of amides is 1. The molecule has 0 radical (unpaired) electrons. The molecule has 4 nitrogen and oxygen atoms in total. The Balaban J connectivity index is 2.11. The van der Waals surface area contributed by atoms with Crippen LogP contribution in [0.25, 0.3) is 0 Å². The van der Waals surface area contributed by atoms with Crippen LogP contribution in [0.5, 0.6) is 0 Å². The van der Waals surface area contributed by atoms with Crippen LogP contribution in [-0.4, -0.2) is 16.6 Å². The zero-order chi connectivity index (χ0) is 13.5. The van der Waals surface area contributed by atoms with Crippen LogP contribution in [0.15, 0.2) is 60.0 Å². The van der Waals surface area contributed by atoms with Gasteiger partial charge in [0.15, 0.2) is 0 Å². The van der Waals surface area contributed by atoms with Crippen LogP contribution in [0.1, 0.15) is 29.3 Å². The number of carbonyl (C=O) groups is 1. The second kappa shape index (κ2) is 6.44. The molecule has 1 amide bonds. The van der Waals surface area contributed by atoms with Gasteiger partial charge in [0, 0.05) is 18.0 Å². The minimum absolute atomic E-state index is 0.232. The van der Waals surface area contributed by atoms with Crippen molar-refractivity contribution in [3.8, 4) is 0 Å². The summed E-state index contributed by atoms with van der Waals surface area (Å²) >= 11 is 0. The third-order valence-electron chi connectivity index (χ3n) is 2.68. The fourth-order valence-electron chi connectivity index (χ4n) is 1.66. The van der Waals surface area contributed by atoms with Gasteiger partial charge in [-0.2, -0.15) is 5.10 Å². The molecule has 1 heterocycles. The number of pyridine rings is 1. The van der Waals surface area contributed by atoms with Crippen molar-refractivity contribution in [2.24, 2.45) is 5.10 Å². The standard InChI is InChI=1S/C15H15N3O/c1-2-14(12-6-4-3-5-7-12)17-18-15(19)13-8-10-16-11-9-13/h3-11H,2H2,1H3,(H,18,19)/b17-14-. The van der Waals surface area contributed by atoms with Gasteiger partial charge in [0.25, 0.3) is 5.91 Å². The summed E-state index contributed by atoms with van der Waals surface area (Å²) in [7, 11) is 0. The van der Waals surface area contributed by atoms with Crippen molar-refractivity contribution in [3.63, 3.8) is 0 Å². The van der Waals surface area contributed by atoms with E-state index in [0.29, 0.717) is 5.56 Å². The van der Waals surface area contributed by atoms with Crippen molar-refractivity contribution in [3.05, 3.63) is 66.0 Å². The zero-order valence-corrected chi connectivity index (χ0v) is 10.7. The highest BCUT2D eigenvalue weighted by Gasteiger charge is 2.05. The lowest BCUT2D eigenvalue weighted by Crippen LogP contribution is -2.19. The Labute approximate surface area is 112 Å².